The summed E-state index contributed by atoms with van der Waals surface area (Å²) < 4.78 is 47.8. The van der Waals surface area contributed by atoms with Gasteiger partial charge in [-0.1, -0.05) is 270 Å². The minimum absolute atomic E-state index is 0.249. The predicted molar refractivity (Wildman–Crippen MR) is 284 cm³/mol. The summed E-state index contributed by atoms with van der Waals surface area (Å²) in [5, 5.41) is 55.6. The first kappa shape index (κ1) is 66.8. The largest absolute Gasteiger partial charge is 0.397 e. The van der Waals surface area contributed by atoms with Crippen LogP contribution in [0.15, 0.2) is 12.2 Å². The van der Waals surface area contributed by atoms with Gasteiger partial charge in [0.15, 0.2) is 6.29 Å². The van der Waals surface area contributed by atoms with E-state index in [1.54, 1.807) is 6.08 Å². The third-order valence-electron chi connectivity index (χ3n) is 14.2. The van der Waals surface area contributed by atoms with Gasteiger partial charge in [0.05, 0.1) is 25.4 Å². The molecule has 7 N–H and O–H groups in total. The van der Waals surface area contributed by atoms with Crippen LogP contribution in [-0.2, 0) is 28.9 Å². The minimum atomic E-state index is -5.12. The lowest BCUT2D eigenvalue weighted by atomic mass is 9.99. The molecule has 0 aromatic rings. The maximum Gasteiger partial charge on any atom is 0.397 e. The van der Waals surface area contributed by atoms with Crippen molar-refractivity contribution in [1.82, 2.24) is 5.32 Å². The summed E-state index contributed by atoms with van der Waals surface area (Å²) in [7, 11) is -5.12. The standard InChI is InChI=1S/C56H109NO12S/c1-3-5-7-9-11-13-15-17-19-21-23-24-25-27-29-31-33-35-37-39-41-43-45-50(60)55(63)57-48(47-67-56-53(62)54(69-70(64,65)66)52(61)51(46-58)68-56)49(59)44-42-40-38-36-34-32-30-28-26-22-20-18-16-14-12-10-8-6-4-2/h42,44,48-54,56,58-62H,3-41,43,45-47H2,1-2H3,(H,57,63)(H,64,65,66)/b44-42+. The lowest BCUT2D eigenvalue weighted by Crippen LogP contribution is -2.61. The number of allylic oxidation sites excluding steroid dienone is 1. The molecular formula is C56H109NO12S. The van der Waals surface area contributed by atoms with Gasteiger partial charge in [-0.3, -0.25) is 9.35 Å². The number of aliphatic hydroxyl groups excluding tert-OH is 5. The molecule has 8 unspecified atom stereocenters. The fraction of sp³-hybridized carbons (Fsp3) is 0.946. The molecule has 1 heterocycles. The molecule has 1 amide bonds. The van der Waals surface area contributed by atoms with Crippen LogP contribution in [0.1, 0.15) is 277 Å². The Morgan fingerprint density at radius 3 is 1.29 bits per heavy atom. The minimum Gasteiger partial charge on any atom is -0.394 e. The SMILES string of the molecule is CCCCCCCCCCCCCCCCCCC/C=C/C(O)C(COC1OC(CO)C(O)C(OS(=O)(=O)O)C1O)NC(=O)C(O)CCCCCCCCCCCCCCCCCCCCCCCC. The number of hydrogen-bond donors (Lipinski definition) is 7. The smallest absolute Gasteiger partial charge is 0.394 e. The number of carbonyl (C=O) groups excluding carboxylic acids is 1. The van der Waals surface area contributed by atoms with Crippen LogP contribution in [0.4, 0.5) is 0 Å². The summed E-state index contributed by atoms with van der Waals surface area (Å²) in [5.41, 5.74) is 0. The Hall–Kier alpha value is -1.20. The van der Waals surface area contributed by atoms with Crippen molar-refractivity contribution in [1.29, 1.82) is 0 Å². The number of aliphatic hydroxyl groups is 5. The van der Waals surface area contributed by atoms with Gasteiger partial charge in [0.1, 0.15) is 30.5 Å². The van der Waals surface area contributed by atoms with Crippen LogP contribution in [0, 0.1) is 0 Å². The van der Waals surface area contributed by atoms with Gasteiger partial charge in [-0.25, -0.2) is 4.18 Å². The lowest BCUT2D eigenvalue weighted by molar-refractivity contribution is -0.298. The van der Waals surface area contributed by atoms with E-state index in [0.29, 0.717) is 12.8 Å². The van der Waals surface area contributed by atoms with Crippen molar-refractivity contribution in [2.45, 2.75) is 326 Å². The van der Waals surface area contributed by atoms with Crippen molar-refractivity contribution in [3.63, 3.8) is 0 Å². The average molecular weight is 1020 g/mol. The van der Waals surface area contributed by atoms with E-state index in [2.05, 4.69) is 23.3 Å². The average Bonchev–Trinajstić information content (AvgIpc) is 3.33. The van der Waals surface area contributed by atoms with Crippen molar-refractivity contribution < 1.29 is 57.0 Å². The number of hydrogen-bond acceptors (Lipinski definition) is 11. The highest BCUT2D eigenvalue weighted by molar-refractivity contribution is 7.80. The fourth-order valence-corrected chi connectivity index (χ4v) is 10.1. The van der Waals surface area contributed by atoms with E-state index in [4.69, 9.17) is 9.47 Å². The van der Waals surface area contributed by atoms with Gasteiger partial charge >= 0.3 is 10.4 Å². The van der Waals surface area contributed by atoms with Gasteiger partial charge in [0.2, 0.25) is 5.91 Å². The van der Waals surface area contributed by atoms with E-state index in [9.17, 15) is 43.3 Å². The van der Waals surface area contributed by atoms with Crippen molar-refractivity contribution >= 4 is 16.3 Å². The number of ether oxygens (including phenoxy) is 2. The summed E-state index contributed by atoms with van der Waals surface area (Å²) in [4.78, 5) is 13.2. The number of unbranched alkanes of at least 4 members (excludes halogenated alkanes) is 38. The molecule has 0 aliphatic carbocycles. The highest BCUT2D eigenvalue weighted by Crippen LogP contribution is 2.26. The Morgan fingerprint density at radius 1 is 0.571 bits per heavy atom. The first-order chi connectivity index (χ1) is 33.9. The van der Waals surface area contributed by atoms with E-state index in [1.165, 1.54) is 205 Å². The zero-order valence-electron chi connectivity index (χ0n) is 44.7. The third kappa shape index (κ3) is 37.5. The summed E-state index contributed by atoms with van der Waals surface area (Å²) in [6.07, 6.45) is 42.9. The molecule has 0 radical (unpaired) electrons. The highest BCUT2D eigenvalue weighted by Gasteiger charge is 2.48. The van der Waals surface area contributed by atoms with Gasteiger partial charge in [-0.05, 0) is 19.3 Å². The van der Waals surface area contributed by atoms with E-state index in [0.717, 1.165) is 38.5 Å². The maximum absolute atomic E-state index is 13.2. The van der Waals surface area contributed by atoms with Crippen LogP contribution in [-0.4, -0.2) is 107 Å². The van der Waals surface area contributed by atoms with Crippen molar-refractivity contribution in [3.05, 3.63) is 12.2 Å². The summed E-state index contributed by atoms with van der Waals surface area (Å²) in [6.45, 7) is 3.28. The Kier molecular flexibility index (Phi) is 44.2. The Bertz CT molecular complexity index is 1310. The monoisotopic (exact) mass is 1020 g/mol. The van der Waals surface area contributed by atoms with Crippen LogP contribution in [0.3, 0.4) is 0 Å². The first-order valence-corrected chi connectivity index (χ1v) is 30.5. The van der Waals surface area contributed by atoms with E-state index < -0.39 is 78.5 Å². The van der Waals surface area contributed by atoms with Crippen LogP contribution in [0.5, 0.6) is 0 Å². The lowest BCUT2D eigenvalue weighted by Gasteiger charge is -2.41. The molecule has 0 bridgehead atoms. The topological polar surface area (TPSA) is 212 Å². The summed E-state index contributed by atoms with van der Waals surface area (Å²) >= 11 is 0. The fourth-order valence-electron chi connectivity index (χ4n) is 9.58. The second kappa shape index (κ2) is 46.3. The zero-order chi connectivity index (χ0) is 51.3. The molecule has 416 valence electrons. The normalized spacial score (nSPS) is 20.0. The van der Waals surface area contributed by atoms with Crippen molar-refractivity contribution in [3.8, 4) is 0 Å². The molecule has 0 aromatic carbocycles. The Morgan fingerprint density at radius 2 is 0.929 bits per heavy atom. The second-order valence-electron chi connectivity index (χ2n) is 20.7. The van der Waals surface area contributed by atoms with Crippen molar-refractivity contribution in [2.24, 2.45) is 0 Å². The molecule has 14 heteroatoms. The molecule has 13 nitrogen and oxygen atoms in total. The van der Waals surface area contributed by atoms with Crippen LogP contribution in [0.25, 0.3) is 0 Å². The Balaban J connectivity index is 2.42. The predicted octanol–water partition coefficient (Wildman–Crippen LogP) is 12.4. The van der Waals surface area contributed by atoms with Gasteiger partial charge in [0, 0.05) is 0 Å². The molecule has 0 aromatic heterocycles. The number of rotatable bonds is 51. The van der Waals surface area contributed by atoms with Gasteiger partial charge in [0.25, 0.3) is 0 Å². The maximum atomic E-state index is 13.2. The molecule has 1 rings (SSSR count). The van der Waals surface area contributed by atoms with Gasteiger partial charge in [-0.15, -0.1) is 0 Å². The number of carbonyl (C=O) groups is 1. The number of amides is 1. The van der Waals surface area contributed by atoms with Crippen molar-refractivity contribution in [2.75, 3.05) is 13.2 Å². The van der Waals surface area contributed by atoms with Crippen LogP contribution in [0.2, 0.25) is 0 Å². The van der Waals surface area contributed by atoms with E-state index in [1.807, 2.05) is 6.08 Å². The van der Waals surface area contributed by atoms with E-state index >= 15 is 0 Å². The molecule has 1 saturated heterocycles. The van der Waals surface area contributed by atoms with Crippen LogP contribution < -0.4 is 5.32 Å². The second-order valence-corrected chi connectivity index (χ2v) is 21.8. The molecule has 1 aliphatic rings. The van der Waals surface area contributed by atoms with E-state index in [-0.39, 0.29) is 6.42 Å². The molecular weight excluding hydrogens is 911 g/mol. The molecule has 1 aliphatic heterocycles. The Labute approximate surface area is 428 Å². The quantitative estimate of drug-likeness (QED) is 0.0172. The number of nitrogens with one attached hydrogen (secondary N) is 1. The zero-order valence-corrected chi connectivity index (χ0v) is 45.5. The molecule has 8 atom stereocenters. The first-order valence-electron chi connectivity index (χ1n) is 29.2. The van der Waals surface area contributed by atoms with Crippen LogP contribution >= 0.6 is 0 Å². The molecule has 0 saturated carbocycles. The molecule has 70 heavy (non-hydrogen) atoms. The third-order valence-corrected chi connectivity index (χ3v) is 14.6. The van der Waals surface area contributed by atoms with Gasteiger partial charge in [-0.2, -0.15) is 8.42 Å². The summed E-state index contributed by atoms with van der Waals surface area (Å²) in [5.74, 6) is -0.695. The molecule has 1 fully saturated rings. The van der Waals surface area contributed by atoms with Gasteiger partial charge < -0.3 is 40.3 Å². The summed E-state index contributed by atoms with van der Waals surface area (Å²) in [6, 6.07) is -1.12. The highest BCUT2D eigenvalue weighted by atomic mass is 32.3. The molecule has 0 spiro atoms.